The van der Waals surface area contributed by atoms with Crippen LogP contribution < -0.4 is 10.5 Å². The maximum absolute atomic E-state index is 5.82. The largest absolute Gasteiger partial charge is 0.494 e. The molecule has 96 valence electrons. The molecule has 2 aromatic rings. The number of nitrogens with zero attached hydrogens (tertiary/aromatic N) is 2. The number of aromatic nitrogens is 2. The first-order chi connectivity index (χ1) is 8.54. The van der Waals surface area contributed by atoms with E-state index >= 15 is 0 Å². The Morgan fingerprint density at radius 1 is 1.33 bits per heavy atom. The summed E-state index contributed by atoms with van der Waals surface area (Å²) in [6, 6.07) is 6.15. The van der Waals surface area contributed by atoms with E-state index in [-0.39, 0.29) is 0 Å². The van der Waals surface area contributed by atoms with Gasteiger partial charge in [0.05, 0.1) is 18.0 Å². The predicted octanol–water partition coefficient (Wildman–Crippen LogP) is 2.68. The van der Waals surface area contributed by atoms with Crippen molar-refractivity contribution in [2.45, 2.75) is 20.8 Å². The Morgan fingerprint density at radius 3 is 2.56 bits per heavy atom. The van der Waals surface area contributed by atoms with Gasteiger partial charge in [0, 0.05) is 12.6 Å². The highest BCUT2D eigenvalue weighted by Gasteiger charge is 2.12. The first-order valence-electron chi connectivity index (χ1n) is 6.07. The highest BCUT2D eigenvalue weighted by atomic mass is 16.5. The second-order valence-corrected chi connectivity index (χ2v) is 4.38. The van der Waals surface area contributed by atoms with Gasteiger partial charge < -0.3 is 15.0 Å². The fourth-order valence-corrected chi connectivity index (χ4v) is 2.17. The summed E-state index contributed by atoms with van der Waals surface area (Å²) in [5.74, 6) is 1.46. The molecule has 18 heavy (non-hydrogen) atoms. The summed E-state index contributed by atoms with van der Waals surface area (Å²) in [6.45, 7) is 6.68. The summed E-state index contributed by atoms with van der Waals surface area (Å²) in [5.41, 5.74) is 10.0. The molecule has 0 amide bonds. The van der Waals surface area contributed by atoms with Gasteiger partial charge in [0.15, 0.2) is 0 Å². The van der Waals surface area contributed by atoms with Crippen LogP contribution in [0.3, 0.4) is 0 Å². The zero-order valence-electron chi connectivity index (χ0n) is 11.3. The number of benzene rings is 1. The van der Waals surface area contributed by atoms with Gasteiger partial charge in [0.25, 0.3) is 0 Å². The van der Waals surface area contributed by atoms with Crippen LogP contribution in [-0.2, 0) is 7.05 Å². The molecule has 0 aliphatic heterocycles. The van der Waals surface area contributed by atoms with Crippen molar-refractivity contribution < 1.29 is 4.74 Å². The zero-order valence-corrected chi connectivity index (χ0v) is 11.3. The van der Waals surface area contributed by atoms with Crippen LogP contribution in [-0.4, -0.2) is 16.2 Å². The van der Waals surface area contributed by atoms with Gasteiger partial charge >= 0.3 is 0 Å². The Morgan fingerprint density at radius 2 is 2.06 bits per heavy atom. The highest BCUT2D eigenvalue weighted by molar-refractivity contribution is 5.66. The smallest absolute Gasteiger partial charge is 0.200 e. The molecule has 1 aromatic heterocycles. The van der Waals surface area contributed by atoms with Crippen LogP contribution in [0.1, 0.15) is 18.2 Å². The topological polar surface area (TPSA) is 53.1 Å². The van der Waals surface area contributed by atoms with Crippen molar-refractivity contribution in [3.05, 3.63) is 29.5 Å². The monoisotopic (exact) mass is 245 g/mol. The number of hydrogen-bond donors (Lipinski definition) is 1. The molecule has 4 heteroatoms. The number of rotatable bonds is 3. The molecular weight excluding hydrogens is 226 g/mol. The SMILES string of the molecule is CCOc1ccc(-c2c(C)nc(N)n2C)cc1C. The number of imidazole rings is 1. The Bertz CT molecular complexity index is 573. The van der Waals surface area contributed by atoms with Crippen LogP contribution in [0.5, 0.6) is 5.75 Å². The fraction of sp³-hybridized carbons (Fsp3) is 0.357. The molecular formula is C14H19N3O. The Kier molecular flexibility index (Phi) is 3.28. The minimum atomic E-state index is 0.536. The lowest BCUT2D eigenvalue weighted by Crippen LogP contribution is -1.99. The quantitative estimate of drug-likeness (QED) is 0.904. The Balaban J connectivity index is 2.49. The first-order valence-corrected chi connectivity index (χ1v) is 6.07. The van der Waals surface area contributed by atoms with Crippen molar-refractivity contribution in [1.29, 1.82) is 0 Å². The summed E-state index contributed by atoms with van der Waals surface area (Å²) >= 11 is 0. The highest BCUT2D eigenvalue weighted by Crippen LogP contribution is 2.29. The third kappa shape index (κ3) is 2.06. The molecule has 2 rings (SSSR count). The molecule has 1 heterocycles. The maximum Gasteiger partial charge on any atom is 0.200 e. The number of nitrogen functional groups attached to an aromatic ring is 1. The van der Waals surface area contributed by atoms with E-state index in [1.807, 2.05) is 44.5 Å². The first kappa shape index (κ1) is 12.5. The van der Waals surface area contributed by atoms with E-state index in [0.717, 1.165) is 28.3 Å². The predicted molar refractivity (Wildman–Crippen MR) is 73.7 cm³/mol. The molecule has 0 fully saturated rings. The van der Waals surface area contributed by atoms with Crippen molar-refractivity contribution in [3.63, 3.8) is 0 Å². The van der Waals surface area contributed by atoms with Crippen LogP contribution >= 0.6 is 0 Å². The van der Waals surface area contributed by atoms with Gasteiger partial charge in [-0.15, -0.1) is 0 Å². The summed E-state index contributed by atoms with van der Waals surface area (Å²) < 4.78 is 7.45. The van der Waals surface area contributed by atoms with E-state index in [1.165, 1.54) is 0 Å². The van der Waals surface area contributed by atoms with Gasteiger partial charge in [0.2, 0.25) is 5.95 Å². The number of anilines is 1. The molecule has 0 atom stereocenters. The lowest BCUT2D eigenvalue weighted by atomic mass is 10.1. The molecule has 0 bridgehead atoms. The lowest BCUT2D eigenvalue weighted by Gasteiger charge is -2.10. The molecule has 0 aliphatic carbocycles. The molecule has 1 aromatic carbocycles. The average molecular weight is 245 g/mol. The van der Waals surface area contributed by atoms with Crippen LogP contribution in [0, 0.1) is 13.8 Å². The molecule has 0 unspecified atom stereocenters. The second-order valence-electron chi connectivity index (χ2n) is 4.38. The Labute approximate surface area is 107 Å². The van der Waals surface area contributed by atoms with Crippen molar-refractivity contribution in [1.82, 2.24) is 9.55 Å². The van der Waals surface area contributed by atoms with E-state index in [9.17, 15) is 0 Å². The normalized spacial score (nSPS) is 10.7. The van der Waals surface area contributed by atoms with Crippen LogP contribution in [0.2, 0.25) is 0 Å². The van der Waals surface area contributed by atoms with E-state index < -0.39 is 0 Å². The van der Waals surface area contributed by atoms with Crippen molar-refractivity contribution >= 4 is 5.95 Å². The summed E-state index contributed by atoms with van der Waals surface area (Å²) in [5, 5.41) is 0. The average Bonchev–Trinajstić information content (AvgIpc) is 2.56. The van der Waals surface area contributed by atoms with E-state index in [0.29, 0.717) is 12.6 Å². The third-order valence-electron chi connectivity index (χ3n) is 3.05. The fourth-order valence-electron chi connectivity index (χ4n) is 2.17. The van der Waals surface area contributed by atoms with Gasteiger partial charge in [0.1, 0.15) is 5.75 Å². The minimum Gasteiger partial charge on any atom is -0.494 e. The maximum atomic E-state index is 5.82. The lowest BCUT2D eigenvalue weighted by molar-refractivity contribution is 0.338. The molecule has 2 N–H and O–H groups in total. The molecule has 0 spiro atoms. The molecule has 0 saturated heterocycles. The standard InChI is InChI=1S/C14H19N3O/c1-5-18-12-7-6-11(8-9(12)2)13-10(3)16-14(15)17(13)4/h6-8H,5H2,1-4H3,(H2,15,16). The van der Waals surface area contributed by atoms with E-state index in [2.05, 4.69) is 11.1 Å². The molecule has 0 radical (unpaired) electrons. The van der Waals surface area contributed by atoms with E-state index in [1.54, 1.807) is 0 Å². The van der Waals surface area contributed by atoms with Crippen molar-refractivity contribution in [3.8, 4) is 17.0 Å². The summed E-state index contributed by atoms with van der Waals surface area (Å²) in [4.78, 5) is 4.28. The number of aryl methyl sites for hydroxylation is 2. The van der Waals surface area contributed by atoms with Crippen LogP contribution in [0.4, 0.5) is 5.95 Å². The van der Waals surface area contributed by atoms with Gasteiger partial charge in [-0.2, -0.15) is 0 Å². The van der Waals surface area contributed by atoms with Crippen molar-refractivity contribution in [2.24, 2.45) is 7.05 Å². The third-order valence-corrected chi connectivity index (χ3v) is 3.05. The summed E-state index contributed by atoms with van der Waals surface area (Å²) in [7, 11) is 1.93. The minimum absolute atomic E-state index is 0.536. The number of ether oxygens (including phenoxy) is 1. The van der Waals surface area contributed by atoms with Crippen LogP contribution in [0.25, 0.3) is 11.3 Å². The van der Waals surface area contributed by atoms with Crippen LogP contribution in [0.15, 0.2) is 18.2 Å². The molecule has 0 aliphatic rings. The summed E-state index contributed by atoms with van der Waals surface area (Å²) in [6.07, 6.45) is 0. The van der Waals surface area contributed by atoms with Gasteiger partial charge in [-0.25, -0.2) is 4.98 Å². The van der Waals surface area contributed by atoms with Gasteiger partial charge in [-0.3, -0.25) is 0 Å². The van der Waals surface area contributed by atoms with Crippen molar-refractivity contribution in [2.75, 3.05) is 12.3 Å². The number of hydrogen-bond acceptors (Lipinski definition) is 3. The molecule has 0 saturated carbocycles. The number of nitrogens with two attached hydrogens (primary N) is 1. The zero-order chi connectivity index (χ0) is 13.3. The molecule has 4 nitrogen and oxygen atoms in total. The van der Waals surface area contributed by atoms with E-state index in [4.69, 9.17) is 10.5 Å². The Hall–Kier alpha value is -1.97. The second kappa shape index (κ2) is 4.72. The van der Waals surface area contributed by atoms with Gasteiger partial charge in [-0.05, 0) is 44.5 Å². The van der Waals surface area contributed by atoms with Gasteiger partial charge in [-0.1, -0.05) is 0 Å².